The average Bonchev–Trinajstić information content (AvgIpc) is 3.23. The molecule has 8 heteroatoms. The summed E-state index contributed by atoms with van der Waals surface area (Å²) in [6.45, 7) is 8.26. The number of hydrogen-bond donors (Lipinski definition) is 3. The number of aliphatic imine (C=N–C) groups is 1. The number of nitrogens with one attached hydrogen (secondary N) is 3. The summed E-state index contributed by atoms with van der Waals surface area (Å²) in [7, 11) is 0. The Morgan fingerprint density at radius 2 is 1.74 bits per heavy atom. The molecule has 0 aromatic heterocycles. The monoisotopic (exact) mass is 538 g/mol. The molecule has 2 aromatic rings. The number of ether oxygens (including phenoxy) is 2. The van der Waals surface area contributed by atoms with Crippen LogP contribution in [-0.2, 0) is 13.1 Å². The van der Waals surface area contributed by atoms with Crippen molar-refractivity contribution < 1.29 is 14.3 Å². The van der Waals surface area contributed by atoms with Gasteiger partial charge < -0.3 is 25.4 Å². The minimum atomic E-state index is -0.0394. The highest BCUT2D eigenvalue weighted by molar-refractivity contribution is 14.0. The van der Waals surface area contributed by atoms with E-state index in [1.165, 1.54) is 0 Å². The number of fused-ring (bicyclic) bond motifs is 1. The van der Waals surface area contributed by atoms with Gasteiger partial charge in [-0.25, -0.2) is 4.99 Å². The van der Waals surface area contributed by atoms with Crippen molar-refractivity contribution in [3.05, 3.63) is 59.2 Å². The maximum absolute atomic E-state index is 12.2. The number of carbonyl (C=O) groups is 1. The summed E-state index contributed by atoms with van der Waals surface area (Å²) in [6.07, 6.45) is 0.909. The van der Waals surface area contributed by atoms with Gasteiger partial charge in [0, 0.05) is 24.7 Å². The number of halogens is 1. The number of hydrogen-bond acceptors (Lipinski definition) is 4. The third-order valence-electron chi connectivity index (χ3n) is 4.87. The highest BCUT2D eigenvalue weighted by Crippen LogP contribution is 2.32. The second-order valence-corrected chi connectivity index (χ2v) is 7.22. The lowest BCUT2D eigenvalue weighted by Gasteiger charge is -2.13. The first-order chi connectivity index (χ1) is 14.6. The summed E-state index contributed by atoms with van der Waals surface area (Å²) in [5.74, 6) is 2.23. The fourth-order valence-corrected chi connectivity index (χ4v) is 2.92. The fraction of sp³-hybridized carbons (Fsp3) is 0.391. The van der Waals surface area contributed by atoms with Crippen molar-refractivity contribution in [1.29, 1.82) is 0 Å². The zero-order chi connectivity index (χ0) is 21.3. The lowest BCUT2D eigenvalue weighted by atomic mass is 10.1. The highest BCUT2D eigenvalue weighted by atomic mass is 127. The van der Waals surface area contributed by atoms with Crippen LogP contribution in [-0.4, -0.2) is 31.2 Å². The number of rotatable bonds is 8. The van der Waals surface area contributed by atoms with Gasteiger partial charge in [-0.2, -0.15) is 0 Å². The molecule has 0 bridgehead atoms. The Hall–Kier alpha value is -2.49. The minimum absolute atomic E-state index is 0. The van der Waals surface area contributed by atoms with E-state index in [-0.39, 0.29) is 42.7 Å². The van der Waals surface area contributed by atoms with Gasteiger partial charge >= 0.3 is 0 Å². The van der Waals surface area contributed by atoms with Crippen LogP contribution in [0.4, 0.5) is 0 Å². The summed E-state index contributed by atoms with van der Waals surface area (Å²) < 4.78 is 10.8. The van der Waals surface area contributed by atoms with Gasteiger partial charge in [0.2, 0.25) is 6.79 Å². The lowest BCUT2D eigenvalue weighted by molar-refractivity contribution is 0.0939. The van der Waals surface area contributed by atoms with Gasteiger partial charge in [-0.05, 0) is 55.7 Å². The molecule has 3 rings (SSSR count). The van der Waals surface area contributed by atoms with Crippen LogP contribution in [0.5, 0.6) is 11.5 Å². The van der Waals surface area contributed by atoms with Gasteiger partial charge in [0.1, 0.15) is 0 Å². The first kappa shape index (κ1) is 24.8. The van der Waals surface area contributed by atoms with E-state index in [0.29, 0.717) is 18.7 Å². The van der Waals surface area contributed by atoms with Crippen LogP contribution in [0.15, 0.2) is 47.5 Å². The molecule has 1 aliphatic rings. The summed E-state index contributed by atoms with van der Waals surface area (Å²) in [5, 5.41) is 9.56. The minimum Gasteiger partial charge on any atom is -0.454 e. The van der Waals surface area contributed by atoms with Crippen LogP contribution < -0.4 is 25.4 Å². The molecule has 1 amide bonds. The Bertz CT molecular complexity index is 887. The van der Waals surface area contributed by atoms with Crippen molar-refractivity contribution in [2.45, 2.75) is 46.3 Å². The third kappa shape index (κ3) is 7.30. The van der Waals surface area contributed by atoms with Crippen LogP contribution in [0, 0.1) is 0 Å². The predicted octanol–water partition coefficient (Wildman–Crippen LogP) is 3.82. The van der Waals surface area contributed by atoms with Gasteiger partial charge in [-0.1, -0.05) is 25.1 Å². The Morgan fingerprint density at radius 3 is 2.45 bits per heavy atom. The smallest absolute Gasteiger partial charge is 0.251 e. The first-order valence-electron chi connectivity index (χ1n) is 10.4. The number of nitrogens with zero attached hydrogens (tertiary/aromatic N) is 1. The van der Waals surface area contributed by atoms with Crippen LogP contribution >= 0.6 is 24.0 Å². The normalized spacial score (nSPS) is 13.2. The van der Waals surface area contributed by atoms with E-state index in [9.17, 15) is 4.79 Å². The van der Waals surface area contributed by atoms with E-state index < -0.39 is 0 Å². The predicted molar refractivity (Wildman–Crippen MR) is 133 cm³/mol. The van der Waals surface area contributed by atoms with Crippen molar-refractivity contribution in [1.82, 2.24) is 16.0 Å². The number of benzene rings is 2. The Balaban J connectivity index is 0.00000341. The zero-order valence-corrected chi connectivity index (χ0v) is 20.6. The second-order valence-electron chi connectivity index (χ2n) is 7.22. The van der Waals surface area contributed by atoms with Crippen LogP contribution in [0.3, 0.4) is 0 Å². The van der Waals surface area contributed by atoms with Crippen molar-refractivity contribution in [3.63, 3.8) is 0 Å². The molecule has 0 spiro atoms. The largest absolute Gasteiger partial charge is 0.454 e. The summed E-state index contributed by atoms with van der Waals surface area (Å²) in [5.41, 5.74) is 2.79. The molecule has 168 valence electrons. The highest BCUT2D eigenvalue weighted by Gasteiger charge is 2.13. The Kier molecular flexibility index (Phi) is 9.90. The Labute approximate surface area is 201 Å². The maximum atomic E-state index is 12.2. The van der Waals surface area contributed by atoms with Crippen LogP contribution in [0.25, 0.3) is 0 Å². The molecule has 0 saturated heterocycles. The molecular formula is C23H31IN4O3. The van der Waals surface area contributed by atoms with Crippen molar-refractivity contribution >= 4 is 35.8 Å². The number of guanidine groups is 1. The molecule has 0 aliphatic carbocycles. The van der Waals surface area contributed by atoms with E-state index in [4.69, 9.17) is 9.47 Å². The standard InChI is InChI=1S/C23H30N4O3.HI/c1-4-16(3)27-22(28)19-9-6-17(7-10-19)13-25-23(24-5-2)26-14-18-8-11-20-21(12-18)30-15-29-20;/h6-12,16H,4-5,13-15H2,1-3H3,(H,27,28)(H2,24,25,26);1H. The maximum Gasteiger partial charge on any atom is 0.251 e. The molecule has 2 aromatic carbocycles. The SMILES string of the molecule is CCNC(=NCc1ccc2c(c1)OCO2)NCc1ccc(C(=O)NC(C)CC)cc1.I. The Morgan fingerprint density at radius 1 is 1.03 bits per heavy atom. The first-order valence-corrected chi connectivity index (χ1v) is 10.4. The van der Waals surface area contributed by atoms with Gasteiger partial charge in [0.25, 0.3) is 5.91 Å². The van der Waals surface area contributed by atoms with E-state index in [0.717, 1.165) is 41.6 Å². The average molecular weight is 538 g/mol. The van der Waals surface area contributed by atoms with Crippen molar-refractivity contribution in [3.8, 4) is 11.5 Å². The van der Waals surface area contributed by atoms with Gasteiger partial charge in [-0.15, -0.1) is 24.0 Å². The van der Waals surface area contributed by atoms with Crippen molar-refractivity contribution in [2.24, 2.45) is 4.99 Å². The molecule has 1 aliphatic heterocycles. The van der Waals surface area contributed by atoms with Crippen LogP contribution in [0.2, 0.25) is 0 Å². The molecular weight excluding hydrogens is 507 g/mol. The molecule has 0 fully saturated rings. The topological polar surface area (TPSA) is 84.0 Å². The molecule has 31 heavy (non-hydrogen) atoms. The third-order valence-corrected chi connectivity index (χ3v) is 4.87. The molecule has 0 saturated carbocycles. The van der Waals surface area contributed by atoms with E-state index in [1.807, 2.05) is 56.3 Å². The number of amides is 1. The van der Waals surface area contributed by atoms with E-state index in [2.05, 4.69) is 27.9 Å². The molecule has 0 radical (unpaired) electrons. The van der Waals surface area contributed by atoms with Gasteiger partial charge in [-0.3, -0.25) is 4.79 Å². The fourth-order valence-electron chi connectivity index (χ4n) is 2.92. The number of carbonyl (C=O) groups excluding carboxylic acids is 1. The van der Waals surface area contributed by atoms with Gasteiger partial charge in [0.15, 0.2) is 17.5 Å². The van der Waals surface area contributed by atoms with E-state index >= 15 is 0 Å². The van der Waals surface area contributed by atoms with Gasteiger partial charge in [0.05, 0.1) is 6.54 Å². The molecule has 3 N–H and O–H groups in total. The zero-order valence-electron chi connectivity index (χ0n) is 18.2. The lowest BCUT2D eigenvalue weighted by Crippen LogP contribution is -2.36. The molecule has 1 atom stereocenters. The quantitative estimate of drug-likeness (QED) is 0.271. The second kappa shape index (κ2) is 12.4. The molecule has 7 nitrogen and oxygen atoms in total. The van der Waals surface area contributed by atoms with Crippen molar-refractivity contribution in [2.75, 3.05) is 13.3 Å². The summed E-state index contributed by atoms with van der Waals surface area (Å²) in [4.78, 5) is 16.8. The van der Waals surface area contributed by atoms with E-state index in [1.54, 1.807) is 0 Å². The molecule has 1 heterocycles. The summed E-state index contributed by atoms with van der Waals surface area (Å²) in [6, 6.07) is 13.6. The molecule has 1 unspecified atom stereocenters. The summed E-state index contributed by atoms with van der Waals surface area (Å²) >= 11 is 0. The van der Waals surface area contributed by atoms with Crippen LogP contribution in [0.1, 0.15) is 48.7 Å².